The van der Waals surface area contributed by atoms with Gasteiger partial charge in [-0.15, -0.1) is 0 Å². The van der Waals surface area contributed by atoms with Crippen LogP contribution in [0.5, 0.6) is 5.75 Å². The molecule has 0 radical (unpaired) electrons. The van der Waals surface area contributed by atoms with E-state index in [1.807, 2.05) is 12.1 Å². The lowest BCUT2D eigenvalue weighted by molar-refractivity contribution is 0.164. The van der Waals surface area contributed by atoms with Gasteiger partial charge in [0.15, 0.2) is 0 Å². The van der Waals surface area contributed by atoms with Gasteiger partial charge in [0.2, 0.25) is 10.0 Å². The molecule has 3 rings (SSSR count). The van der Waals surface area contributed by atoms with Crippen molar-refractivity contribution >= 4 is 10.0 Å². The minimum Gasteiger partial charge on any atom is -0.497 e. The molecule has 0 unspecified atom stereocenters. The van der Waals surface area contributed by atoms with Gasteiger partial charge >= 0.3 is 0 Å². The average molecular weight is 338 g/mol. The van der Waals surface area contributed by atoms with E-state index in [4.69, 9.17) is 4.74 Å². The number of sulfonamides is 1. The highest BCUT2D eigenvalue weighted by molar-refractivity contribution is 7.90. The topological polar surface area (TPSA) is 49.9 Å². The summed E-state index contributed by atoms with van der Waals surface area (Å²) in [6.45, 7) is 2.80. The molecule has 0 bridgehead atoms. The van der Waals surface area contributed by atoms with Crippen LogP contribution in [0.3, 0.4) is 0 Å². The Morgan fingerprint density at radius 2 is 1.74 bits per heavy atom. The fraction of sp³-hybridized carbons (Fsp3) is 0.647. The molecule has 5 nitrogen and oxygen atoms in total. The molecular formula is C17H26N2O3S. The number of methoxy groups -OCH3 is 1. The summed E-state index contributed by atoms with van der Waals surface area (Å²) >= 11 is 0. The Hall–Kier alpha value is -1.11. The number of hydrogen-bond acceptors (Lipinski definition) is 4. The molecule has 128 valence electrons. The molecule has 0 N–H and O–H groups in total. The number of rotatable bonds is 6. The van der Waals surface area contributed by atoms with E-state index in [0.29, 0.717) is 0 Å². The highest BCUT2D eigenvalue weighted by Crippen LogP contribution is 2.32. The van der Waals surface area contributed by atoms with Crippen molar-refractivity contribution in [1.82, 2.24) is 9.21 Å². The first-order valence-electron chi connectivity index (χ1n) is 8.33. The van der Waals surface area contributed by atoms with Gasteiger partial charge < -0.3 is 4.74 Å². The highest BCUT2D eigenvalue weighted by atomic mass is 32.2. The van der Waals surface area contributed by atoms with Gasteiger partial charge in [-0.3, -0.25) is 4.90 Å². The van der Waals surface area contributed by atoms with E-state index >= 15 is 0 Å². The molecule has 1 aliphatic heterocycles. The largest absolute Gasteiger partial charge is 0.497 e. The summed E-state index contributed by atoms with van der Waals surface area (Å²) in [5.41, 5.74) is 1.27. The molecule has 2 aliphatic rings. The molecule has 0 amide bonds. The van der Waals surface area contributed by atoms with Crippen LogP contribution >= 0.6 is 0 Å². The van der Waals surface area contributed by atoms with Crippen LogP contribution in [0.25, 0.3) is 0 Å². The van der Waals surface area contributed by atoms with Gasteiger partial charge in [-0.2, -0.15) is 0 Å². The number of hydrogen-bond donors (Lipinski definition) is 0. The summed E-state index contributed by atoms with van der Waals surface area (Å²) in [4.78, 5) is 2.40. The van der Waals surface area contributed by atoms with Crippen molar-refractivity contribution in [2.45, 2.75) is 43.5 Å². The Labute approximate surface area is 139 Å². The van der Waals surface area contributed by atoms with Gasteiger partial charge in [0.25, 0.3) is 0 Å². The van der Waals surface area contributed by atoms with Crippen LogP contribution in [0, 0.1) is 0 Å². The maximum Gasteiger partial charge on any atom is 0.216 e. The summed E-state index contributed by atoms with van der Waals surface area (Å²) in [6.07, 6.45) is 3.50. The lowest BCUT2D eigenvalue weighted by atomic mass is 10.0. The molecule has 1 saturated heterocycles. The summed E-state index contributed by atoms with van der Waals surface area (Å²) in [5.74, 6) is 0.874. The first-order chi connectivity index (χ1) is 11.0. The zero-order valence-electron chi connectivity index (χ0n) is 13.9. The van der Waals surface area contributed by atoms with Crippen LogP contribution in [0.15, 0.2) is 24.3 Å². The normalized spacial score (nSPS) is 20.8. The second kappa shape index (κ2) is 6.79. The van der Waals surface area contributed by atoms with Crippen molar-refractivity contribution in [2.75, 3.05) is 27.2 Å². The molecule has 1 aromatic rings. The standard InChI is InChI=1S/C17H26N2O3S/c1-18(23(20,21)17-7-8-17)15-9-11-19(12-10-15)13-14-3-5-16(22-2)6-4-14/h3-6,15,17H,7-13H2,1-2H3. The first kappa shape index (κ1) is 16.7. The second-order valence-corrected chi connectivity index (χ2v) is 8.89. The first-order valence-corrected chi connectivity index (χ1v) is 9.83. The fourth-order valence-electron chi connectivity index (χ4n) is 3.24. The third-order valence-electron chi connectivity index (χ3n) is 4.98. The quantitative estimate of drug-likeness (QED) is 0.797. The van der Waals surface area contributed by atoms with Gasteiger partial charge in [-0.25, -0.2) is 12.7 Å². The van der Waals surface area contributed by atoms with E-state index in [1.165, 1.54) is 5.56 Å². The third-order valence-corrected chi connectivity index (χ3v) is 7.40. The molecule has 1 aromatic carbocycles. The number of benzene rings is 1. The lowest BCUT2D eigenvalue weighted by Crippen LogP contribution is -2.46. The van der Waals surface area contributed by atoms with Gasteiger partial charge in [0.05, 0.1) is 12.4 Å². The zero-order valence-corrected chi connectivity index (χ0v) is 14.8. The van der Waals surface area contributed by atoms with Crippen LogP contribution in [0.4, 0.5) is 0 Å². The van der Waals surface area contributed by atoms with Gasteiger partial charge in [-0.1, -0.05) is 12.1 Å². The molecule has 1 heterocycles. The fourth-order valence-corrected chi connectivity index (χ4v) is 5.07. The van der Waals surface area contributed by atoms with Gasteiger partial charge in [0.1, 0.15) is 5.75 Å². The third kappa shape index (κ3) is 3.87. The van der Waals surface area contributed by atoms with Gasteiger partial charge in [-0.05, 0) is 43.4 Å². The van der Waals surface area contributed by atoms with Crippen LogP contribution in [0.2, 0.25) is 0 Å². The maximum absolute atomic E-state index is 12.3. The average Bonchev–Trinajstić information content (AvgIpc) is 3.41. The predicted molar refractivity (Wildman–Crippen MR) is 91.0 cm³/mol. The molecule has 6 heteroatoms. The summed E-state index contributed by atoms with van der Waals surface area (Å²) in [6, 6.07) is 8.31. The Morgan fingerprint density at radius 3 is 2.26 bits per heavy atom. The highest BCUT2D eigenvalue weighted by Gasteiger charge is 2.41. The Kier molecular flexibility index (Phi) is 4.94. The van der Waals surface area contributed by atoms with E-state index in [9.17, 15) is 8.42 Å². The summed E-state index contributed by atoms with van der Waals surface area (Å²) < 4.78 is 31.5. The summed E-state index contributed by atoms with van der Waals surface area (Å²) in [5, 5.41) is -0.107. The minimum absolute atomic E-state index is 0.107. The van der Waals surface area contributed by atoms with Crippen molar-refractivity contribution in [3.63, 3.8) is 0 Å². The molecule has 23 heavy (non-hydrogen) atoms. The van der Waals surface area contributed by atoms with Crippen LogP contribution in [0.1, 0.15) is 31.2 Å². The van der Waals surface area contributed by atoms with E-state index < -0.39 is 10.0 Å². The van der Waals surface area contributed by atoms with E-state index in [2.05, 4.69) is 17.0 Å². The number of nitrogens with zero attached hydrogens (tertiary/aromatic N) is 2. The van der Waals surface area contributed by atoms with Crippen LogP contribution in [-0.2, 0) is 16.6 Å². The van der Waals surface area contributed by atoms with Crippen molar-refractivity contribution in [1.29, 1.82) is 0 Å². The monoisotopic (exact) mass is 338 g/mol. The predicted octanol–water partition coefficient (Wildman–Crippen LogP) is 2.08. The minimum atomic E-state index is -3.05. The maximum atomic E-state index is 12.3. The molecule has 2 fully saturated rings. The van der Waals surface area contributed by atoms with Crippen molar-refractivity contribution in [3.8, 4) is 5.75 Å². The molecule has 0 aromatic heterocycles. The van der Waals surface area contributed by atoms with E-state index in [-0.39, 0.29) is 11.3 Å². The molecule has 1 saturated carbocycles. The van der Waals surface area contributed by atoms with Crippen molar-refractivity contribution < 1.29 is 13.2 Å². The smallest absolute Gasteiger partial charge is 0.216 e. The lowest BCUT2D eigenvalue weighted by Gasteiger charge is -2.36. The summed E-state index contributed by atoms with van der Waals surface area (Å²) in [7, 11) is 0.385. The molecular weight excluding hydrogens is 312 g/mol. The number of ether oxygens (including phenoxy) is 1. The number of likely N-dealkylation sites (tertiary alicyclic amines) is 1. The number of piperidine rings is 1. The Balaban J connectivity index is 1.51. The molecule has 0 spiro atoms. The molecule has 0 atom stereocenters. The van der Waals surface area contributed by atoms with E-state index in [1.54, 1.807) is 18.5 Å². The second-order valence-electron chi connectivity index (χ2n) is 6.62. The molecule has 1 aliphatic carbocycles. The van der Waals surface area contributed by atoms with Crippen molar-refractivity contribution in [3.05, 3.63) is 29.8 Å². The zero-order chi connectivity index (χ0) is 16.4. The SMILES string of the molecule is COc1ccc(CN2CCC(N(C)S(=O)(=O)C3CC3)CC2)cc1. The Morgan fingerprint density at radius 1 is 1.13 bits per heavy atom. The van der Waals surface area contributed by atoms with Crippen LogP contribution < -0.4 is 4.74 Å². The van der Waals surface area contributed by atoms with Crippen molar-refractivity contribution in [2.24, 2.45) is 0 Å². The van der Waals surface area contributed by atoms with Crippen LogP contribution in [-0.4, -0.2) is 56.2 Å². The van der Waals surface area contributed by atoms with E-state index in [0.717, 1.165) is 51.1 Å². The van der Waals surface area contributed by atoms with Gasteiger partial charge in [0, 0.05) is 32.7 Å². The Bertz CT molecular complexity index is 618.